The predicted octanol–water partition coefficient (Wildman–Crippen LogP) is 7.13. The predicted molar refractivity (Wildman–Crippen MR) is 142 cm³/mol. The minimum atomic E-state index is -0.113. The summed E-state index contributed by atoms with van der Waals surface area (Å²) in [5.41, 5.74) is 3.86. The Hall–Kier alpha value is -3.41. The molecule has 0 saturated carbocycles. The van der Waals surface area contributed by atoms with E-state index in [4.69, 9.17) is 17.0 Å². The minimum Gasteiger partial charge on any atom is -0.488 e. The maximum Gasteiger partial charge on any atom is 0.270 e. The Labute approximate surface area is 202 Å². The van der Waals surface area contributed by atoms with Crippen molar-refractivity contribution in [1.29, 1.82) is 0 Å². The summed E-state index contributed by atoms with van der Waals surface area (Å²) in [4.78, 5) is 15.3. The number of fused-ring (bicyclic) bond motifs is 1. The van der Waals surface area contributed by atoms with Crippen LogP contribution >= 0.6 is 24.0 Å². The van der Waals surface area contributed by atoms with Gasteiger partial charge in [0.1, 0.15) is 12.4 Å². The lowest BCUT2D eigenvalue weighted by Crippen LogP contribution is -2.27. The SMILES string of the molecule is Cc1ccc(OCc2cccc3ccccc23)c(/C=C2\SC(=S)N(c3ccccc3)C2=O)c1. The number of para-hydroxylation sites is 1. The van der Waals surface area contributed by atoms with Crippen LogP contribution < -0.4 is 9.64 Å². The number of thioether (sulfide) groups is 1. The number of ether oxygens (including phenoxy) is 1. The third-order valence-electron chi connectivity index (χ3n) is 5.52. The molecule has 4 aromatic rings. The Morgan fingerprint density at radius 3 is 2.55 bits per heavy atom. The topological polar surface area (TPSA) is 29.5 Å². The molecule has 0 unspecified atom stereocenters. The second kappa shape index (κ2) is 9.22. The van der Waals surface area contributed by atoms with E-state index in [0.29, 0.717) is 15.8 Å². The number of benzene rings is 4. The molecule has 1 saturated heterocycles. The number of carbonyl (C=O) groups is 1. The summed E-state index contributed by atoms with van der Waals surface area (Å²) in [6.07, 6.45) is 1.88. The molecule has 162 valence electrons. The van der Waals surface area contributed by atoms with E-state index < -0.39 is 0 Å². The summed E-state index contributed by atoms with van der Waals surface area (Å²) >= 11 is 6.82. The van der Waals surface area contributed by atoms with Gasteiger partial charge in [0.25, 0.3) is 5.91 Å². The number of hydrogen-bond acceptors (Lipinski definition) is 4. The van der Waals surface area contributed by atoms with Crippen molar-refractivity contribution in [2.75, 3.05) is 4.90 Å². The van der Waals surface area contributed by atoms with Gasteiger partial charge in [-0.05, 0) is 53.6 Å². The van der Waals surface area contributed by atoms with Crippen molar-refractivity contribution in [1.82, 2.24) is 0 Å². The van der Waals surface area contributed by atoms with E-state index in [1.807, 2.05) is 79.7 Å². The Kier molecular flexibility index (Phi) is 5.99. The molecule has 1 fully saturated rings. The Morgan fingerprint density at radius 2 is 1.70 bits per heavy atom. The van der Waals surface area contributed by atoms with Crippen LogP contribution in [0.25, 0.3) is 16.8 Å². The first-order chi connectivity index (χ1) is 16.1. The van der Waals surface area contributed by atoms with Crippen LogP contribution in [-0.2, 0) is 11.4 Å². The van der Waals surface area contributed by atoms with Gasteiger partial charge in [0.2, 0.25) is 0 Å². The molecule has 0 N–H and O–H groups in total. The average Bonchev–Trinajstić information content (AvgIpc) is 3.11. The highest BCUT2D eigenvalue weighted by molar-refractivity contribution is 8.27. The zero-order valence-corrected chi connectivity index (χ0v) is 19.7. The first-order valence-electron chi connectivity index (χ1n) is 10.6. The summed E-state index contributed by atoms with van der Waals surface area (Å²) in [5.74, 6) is 0.622. The van der Waals surface area contributed by atoms with Crippen LogP contribution in [0.1, 0.15) is 16.7 Å². The van der Waals surface area contributed by atoms with E-state index in [2.05, 4.69) is 24.3 Å². The average molecular weight is 468 g/mol. The van der Waals surface area contributed by atoms with Crippen molar-refractivity contribution in [2.45, 2.75) is 13.5 Å². The number of amides is 1. The van der Waals surface area contributed by atoms with Crippen molar-refractivity contribution in [3.8, 4) is 5.75 Å². The number of anilines is 1. The largest absolute Gasteiger partial charge is 0.488 e. The van der Waals surface area contributed by atoms with Crippen LogP contribution in [0.15, 0.2) is 95.9 Å². The molecule has 1 aliphatic heterocycles. The number of aryl methyl sites for hydroxylation is 1. The van der Waals surface area contributed by atoms with Gasteiger partial charge in [0.05, 0.1) is 10.6 Å². The molecule has 1 heterocycles. The van der Waals surface area contributed by atoms with E-state index in [-0.39, 0.29) is 5.91 Å². The lowest BCUT2D eigenvalue weighted by molar-refractivity contribution is -0.113. The van der Waals surface area contributed by atoms with E-state index in [9.17, 15) is 4.79 Å². The Morgan fingerprint density at radius 1 is 0.939 bits per heavy atom. The molecule has 0 atom stereocenters. The van der Waals surface area contributed by atoms with Crippen molar-refractivity contribution >= 4 is 56.7 Å². The quantitative estimate of drug-likeness (QED) is 0.231. The third kappa shape index (κ3) is 4.42. The van der Waals surface area contributed by atoms with Gasteiger partial charge >= 0.3 is 0 Å². The number of hydrogen-bond donors (Lipinski definition) is 0. The van der Waals surface area contributed by atoms with Gasteiger partial charge in [-0.25, -0.2) is 0 Å². The van der Waals surface area contributed by atoms with Gasteiger partial charge in [-0.1, -0.05) is 96.3 Å². The molecule has 0 spiro atoms. The van der Waals surface area contributed by atoms with Crippen molar-refractivity contribution in [3.05, 3.63) is 113 Å². The fraction of sp³-hybridized carbons (Fsp3) is 0.0714. The molecule has 3 nitrogen and oxygen atoms in total. The Bertz CT molecular complexity index is 1390. The van der Waals surface area contributed by atoms with Crippen molar-refractivity contribution in [2.24, 2.45) is 0 Å². The Balaban J connectivity index is 1.44. The molecule has 33 heavy (non-hydrogen) atoms. The molecule has 0 aliphatic carbocycles. The lowest BCUT2D eigenvalue weighted by Gasteiger charge is -2.14. The van der Waals surface area contributed by atoms with Crippen LogP contribution in [0, 0.1) is 6.92 Å². The van der Waals surface area contributed by atoms with Crippen molar-refractivity contribution < 1.29 is 9.53 Å². The molecule has 5 rings (SSSR count). The standard InChI is InChI=1S/C28H21NO2S2/c1-19-14-15-25(31-18-21-10-7-9-20-8-5-6-13-24(20)21)22(16-19)17-26-27(30)29(28(32)33-26)23-11-3-2-4-12-23/h2-17H,18H2,1H3/b26-17-. The number of carbonyl (C=O) groups excluding carboxylic acids is 1. The van der Waals surface area contributed by atoms with E-state index in [0.717, 1.165) is 28.1 Å². The van der Waals surface area contributed by atoms with Crippen LogP contribution in [-0.4, -0.2) is 10.2 Å². The molecule has 1 amide bonds. The van der Waals surface area contributed by atoms with E-state index in [1.54, 1.807) is 4.90 Å². The zero-order valence-electron chi connectivity index (χ0n) is 18.0. The zero-order chi connectivity index (χ0) is 22.8. The molecule has 0 bridgehead atoms. The highest BCUT2D eigenvalue weighted by Gasteiger charge is 2.33. The van der Waals surface area contributed by atoms with Crippen LogP contribution in [0.4, 0.5) is 5.69 Å². The molecule has 5 heteroatoms. The molecular weight excluding hydrogens is 446 g/mol. The molecule has 1 aliphatic rings. The fourth-order valence-electron chi connectivity index (χ4n) is 3.89. The summed E-state index contributed by atoms with van der Waals surface area (Å²) in [7, 11) is 0. The minimum absolute atomic E-state index is 0.113. The maximum absolute atomic E-state index is 13.2. The van der Waals surface area contributed by atoms with Crippen molar-refractivity contribution in [3.63, 3.8) is 0 Å². The lowest BCUT2D eigenvalue weighted by atomic mass is 10.1. The monoisotopic (exact) mass is 467 g/mol. The highest BCUT2D eigenvalue weighted by atomic mass is 32.2. The number of rotatable bonds is 5. The van der Waals surface area contributed by atoms with E-state index in [1.165, 1.54) is 22.5 Å². The molecule has 0 radical (unpaired) electrons. The van der Waals surface area contributed by atoms with Gasteiger partial charge in [0.15, 0.2) is 4.32 Å². The number of thiocarbonyl (C=S) groups is 1. The summed E-state index contributed by atoms with van der Waals surface area (Å²) in [5, 5.41) is 2.37. The van der Waals surface area contributed by atoms with Gasteiger partial charge in [-0.3, -0.25) is 9.69 Å². The maximum atomic E-state index is 13.2. The summed E-state index contributed by atoms with van der Waals surface area (Å²) in [6, 6.07) is 30.0. The highest BCUT2D eigenvalue weighted by Crippen LogP contribution is 2.37. The molecule has 0 aromatic heterocycles. The first kappa shape index (κ1) is 21.4. The number of nitrogens with zero attached hydrogens (tertiary/aromatic N) is 1. The first-order valence-corrected chi connectivity index (χ1v) is 11.9. The van der Waals surface area contributed by atoms with E-state index >= 15 is 0 Å². The van der Waals surface area contributed by atoms with Gasteiger partial charge < -0.3 is 4.74 Å². The molecule has 4 aromatic carbocycles. The smallest absolute Gasteiger partial charge is 0.270 e. The third-order valence-corrected chi connectivity index (χ3v) is 6.83. The molecular formula is C28H21NO2S2. The second-order valence-electron chi connectivity index (χ2n) is 7.82. The van der Waals surface area contributed by atoms with Gasteiger partial charge in [-0.15, -0.1) is 0 Å². The fourth-order valence-corrected chi connectivity index (χ4v) is 5.18. The van der Waals surface area contributed by atoms with Crippen LogP contribution in [0.2, 0.25) is 0 Å². The van der Waals surface area contributed by atoms with Gasteiger partial charge in [0, 0.05) is 5.56 Å². The van der Waals surface area contributed by atoms with Crippen LogP contribution in [0.3, 0.4) is 0 Å². The second-order valence-corrected chi connectivity index (χ2v) is 9.50. The van der Waals surface area contributed by atoms with Gasteiger partial charge in [-0.2, -0.15) is 0 Å². The normalized spacial score (nSPS) is 14.9. The summed E-state index contributed by atoms with van der Waals surface area (Å²) < 4.78 is 6.79. The van der Waals surface area contributed by atoms with Crippen LogP contribution in [0.5, 0.6) is 5.75 Å². The summed E-state index contributed by atoms with van der Waals surface area (Å²) in [6.45, 7) is 2.47.